The number of aryl methyl sites for hydroxylation is 2. The molecule has 1 aliphatic heterocycles. The molecule has 0 aliphatic carbocycles. The van der Waals surface area contributed by atoms with Gasteiger partial charge in [0.2, 0.25) is 5.76 Å². The maximum absolute atomic E-state index is 14.0. The predicted molar refractivity (Wildman–Crippen MR) is 160 cm³/mol. The van der Waals surface area contributed by atoms with Crippen LogP contribution in [-0.4, -0.2) is 18.5 Å². The molecule has 7 nitrogen and oxygen atoms in total. The summed E-state index contributed by atoms with van der Waals surface area (Å²) in [5.74, 6) is -0.203. The average molecular weight is 560 g/mol. The van der Waals surface area contributed by atoms with Gasteiger partial charge >= 0.3 is 5.97 Å². The molecular weight excluding hydrogens is 530 g/mol. The van der Waals surface area contributed by atoms with Gasteiger partial charge in [0.25, 0.3) is 5.91 Å². The number of nitrogens with zero attached hydrogens (tertiary/aromatic N) is 1. The van der Waals surface area contributed by atoms with Crippen LogP contribution in [-0.2, 0) is 11.3 Å². The molecule has 1 aromatic heterocycles. The third-order valence-corrected chi connectivity index (χ3v) is 7.59. The Labute approximate surface area is 242 Å². The summed E-state index contributed by atoms with van der Waals surface area (Å²) >= 11 is 0. The Bertz CT molecular complexity index is 1860. The SMILES string of the molecule is CCOC(=O)c1ccc(N2C(=O)c3oc4cc(C)c(C)cc4c(=O)c3C2c2ccc(OCc3ccccc3)cc2)cc1. The summed E-state index contributed by atoms with van der Waals surface area (Å²) < 4.78 is 17.2. The molecule has 6 rings (SSSR count). The van der Waals surface area contributed by atoms with Crippen LogP contribution < -0.4 is 15.1 Å². The third-order valence-electron chi connectivity index (χ3n) is 7.59. The number of esters is 1. The van der Waals surface area contributed by atoms with Crippen molar-refractivity contribution >= 4 is 28.5 Å². The highest BCUT2D eigenvalue weighted by atomic mass is 16.5. The van der Waals surface area contributed by atoms with Gasteiger partial charge in [0.15, 0.2) is 5.43 Å². The fourth-order valence-corrected chi connectivity index (χ4v) is 5.27. The zero-order chi connectivity index (χ0) is 29.4. The van der Waals surface area contributed by atoms with E-state index in [0.29, 0.717) is 34.6 Å². The molecule has 0 bridgehead atoms. The molecule has 0 saturated carbocycles. The maximum atomic E-state index is 14.0. The zero-order valence-corrected chi connectivity index (χ0v) is 23.5. The monoisotopic (exact) mass is 559 g/mol. The molecule has 1 atom stereocenters. The van der Waals surface area contributed by atoms with Crippen LogP contribution in [0.1, 0.15) is 61.7 Å². The van der Waals surface area contributed by atoms with Crippen molar-refractivity contribution in [2.45, 2.75) is 33.4 Å². The van der Waals surface area contributed by atoms with Crippen molar-refractivity contribution in [3.8, 4) is 5.75 Å². The van der Waals surface area contributed by atoms with Gasteiger partial charge in [-0.15, -0.1) is 0 Å². The summed E-state index contributed by atoms with van der Waals surface area (Å²) in [6.45, 7) is 6.29. The molecule has 0 N–H and O–H groups in total. The first-order chi connectivity index (χ1) is 20.4. The van der Waals surface area contributed by atoms with Crippen LogP contribution in [0.15, 0.2) is 100 Å². The average Bonchev–Trinajstić information content (AvgIpc) is 3.30. The highest BCUT2D eigenvalue weighted by Gasteiger charge is 2.43. The second-order valence-electron chi connectivity index (χ2n) is 10.3. The van der Waals surface area contributed by atoms with Gasteiger partial charge in [-0.1, -0.05) is 42.5 Å². The molecule has 0 radical (unpaired) electrons. The third kappa shape index (κ3) is 4.83. The van der Waals surface area contributed by atoms with E-state index < -0.39 is 17.9 Å². The highest BCUT2D eigenvalue weighted by molar-refractivity contribution is 6.11. The van der Waals surface area contributed by atoms with Crippen LogP contribution in [0.5, 0.6) is 5.75 Å². The summed E-state index contributed by atoms with van der Waals surface area (Å²) in [4.78, 5) is 41.7. The minimum Gasteiger partial charge on any atom is -0.489 e. The molecule has 7 heteroatoms. The fraction of sp³-hybridized carbons (Fsp3) is 0.171. The molecule has 0 fully saturated rings. The molecule has 4 aromatic carbocycles. The molecule has 0 saturated heterocycles. The number of carbonyl (C=O) groups excluding carboxylic acids is 2. The Hall–Kier alpha value is -5.17. The lowest BCUT2D eigenvalue weighted by Gasteiger charge is -2.25. The molecule has 0 spiro atoms. The van der Waals surface area contributed by atoms with Gasteiger partial charge < -0.3 is 13.9 Å². The molecule has 5 aromatic rings. The molecule has 2 heterocycles. The first kappa shape index (κ1) is 27.0. The van der Waals surface area contributed by atoms with E-state index in [2.05, 4.69) is 0 Å². The molecular formula is C35H29NO6. The van der Waals surface area contributed by atoms with Crippen LogP contribution in [0.25, 0.3) is 11.0 Å². The Morgan fingerprint density at radius 3 is 2.26 bits per heavy atom. The van der Waals surface area contributed by atoms with Crippen molar-refractivity contribution in [1.29, 1.82) is 0 Å². The van der Waals surface area contributed by atoms with Gasteiger partial charge in [0.1, 0.15) is 17.9 Å². The van der Waals surface area contributed by atoms with Crippen LogP contribution in [0, 0.1) is 13.8 Å². The lowest BCUT2D eigenvalue weighted by molar-refractivity contribution is 0.0526. The van der Waals surface area contributed by atoms with E-state index >= 15 is 0 Å². The van der Waals surface area contributed by atoms with Gasteiger partial charge in [0, 0.05) is 5.69 Å². The van der Waals surface area contributed by atoms with E-state index in [-0.39, 0.29) is 23.4 Å². The van der Waals surface area contributed by atoms with Crippen molar-refractivity contribution in [2.24, 2.45) is 0 Å². The number of fused-ring (bicyclic) bond motifs is 2. The number of ether oxygens (including phenoxy) is 2. The lowest BCUT2D eigenvalue weighted by atomic mass is 9.97. The van der Waals surface area contributed by atoms with Crippen LogP contribution in [0.2, 0.25) is 0 Å². The van der Waals surface area contributed by atoms with E-state index in [1.54, 1.807) is 42.2 Å². The molecule has 42 heavy (non-hydrogen) atoms. The zero-order valence-electron chi connectivity index (χ0n) is 23.5. The van der Waals surface area contributed by atoms with Crippen molar-refractivity contribution < 1.29 is 23.5 Å². The second-order valence-corrected chi connectivity index (χ2v) is 10.3. The number of rotatable bonds is 7. The minimum absolute atomic E-state index is 0.0135. The predicted octanol–water partition coefficient (Wildman–Crippen LogP) is 6.92. The number of anilines is 1. The summed E-state index contributed by atoms with van der Waals surface area (Å²) in [5.41, 5.74) is 4.98. The van der Waals surface area contributed by atoms with Crippen molar-refractivity contribution in [1.82, 2.24) is 0 Å². The number of carbonyl (C=O) groups is 2. The lowest BCUT2D eigenvalue weighted by Crippen LogP contribution is -2.29. The quantitative estimate of drug-likeness (QED) is 0.201. The molecule has 210 valence electrons. The van der Waals surface area contributed by atoms with E-state index in [9.17, 15) is 14.4 Å². The molecule has 1 unspecified atom stereocenters. The van der Waals surface area contributed by atoms with E-state index in [4.69, 9.17) is 13.9 Å². The number of hydrogen-bond donors (Lipinski definition) is 0. The summed E-state index contributed by atoms with van der Waals surface area (Å²) in [5, 5.41) is 0.428. The largest absolute Gasteiger partial charge is 0.489 e. The first-order valence-electron chi connectivity index (χ1n) is 13.8. The normalized spacial score (nSPS) is 14.2. The van der Waals surface area contributed by atoms with Gasteiger partial charge in [0.05, 0.1) is 29.2 Å². The highest BCUT2D eigenvalue weighted by Crippen LogP contribution is 2.42. The Balaban J connectivity index is 1.43. The van der Waals surface area contributed by atoms with E-state index in [1.807, 2.05) is 74.5 Å². The van der Waals surface area contributed by atoms with E-state index in [0.717, 1.165) is 22.3 Å². The number of amides is 1. The van der Waals surface area contributed by atoms with Crippen molar-refractivity contribution in [3.05, 3.63) is 140 Å². The van der Waals surface area contributed by atoms with Crippen LogP contribution in [0.3, 0.4) is 0 Å². The Kier molecular flexibility index (Phi) is 7.08. The summed E-state index contributed by atoms with van der Waals surface area (Å²) in [6.07, 6.45) is 0. The van der Waals surface area contributed by atoms with Gasteiger partial charge in [-0.05, 0) is 91.6 Å². The summed E-state index contributed by atoms with van der Waals surface area (Å²) in [7, 11) is 0. The standard InChI is InChI=1S/C35H29NO6/c1-4-40-35(39)25-10-14-26(15-11-25)36-31(24-12-16-27(17-13-24)41-20-23-8-6-5-7-9-23)30-32(37)28-18-21(2)22(3)19-29(28)42-33(30)34(36)38/h5-19,31H,4,20H2,1-3H3. The van der Waals surface area contributed by atoms with Gasteiger partial charge in [-0.3, -0.25) is 14.5 Å². The Morgan fingerprint density at radius 2 is 1.57 bits per heavy atom. The maximum Gasteiger partial charge on any atom is 0.338 e. The fourth-order valence-electron chi connectivity index (χ4n) is 5.27. The van der Waals surface area contributed by atoms with Gasteiger partial charge in [-0.2, -0.15) is 0 Å². The van der Waals surface area contributed by atoms with E-state index in [1.165, 1.54) is 0 Å². The second kappa shape index (κ2) is 11.0. The van der Waals surface area contributed by atoms with Crippen molar-refractivity contribution in [3.63, 3.8) is 0 Å². The van der Waals surface area contributed by atoms with Gasteiger partial charge in [-0.25, -0.2) is 4.79 Å². The Morgan fingerprint density at radius 1 is 0.881 bits per heavy atom. The van der Waals surface area contributed by atoms with Crippen LogP contribution in [0.4, 0.5) is 5.69 Å². The topological polar surface area (TPSA) is 86.0 Å². The molecule has 1 amide bonds. The number of benzene rings is 4. The van der Waals surface area contributed by atoms with Crippen molar-refractivity contribution in [2.75, 3.05) is 11.5 Å². The minimum atomic E-state index is -0.744. The smallest absolute Gasteiger partial charge is 0.338 e. The first-order valence-corrected chi connectivity index (χ1v) is 13.8. The van der Waals surface area contributed by atoms with Crippen LogP contribution >= 0.6 is 0 Å². The summed E-state index contributed by atoms with van der Waals surface area (Å²) in [6, 6.07) is 26.7. The molecule has 1 aliphatic rings. The number of hydrogen-bond acceptors (Lipinski definition) is 6.